The van der Waals surface area contributed by atoms with Crippen LogP contribution in [0.25, 0.3) is 0 Å². The van der Waals surface area contributed by atoms with Crippen LogP contribution in [0, 0.1) is 0 Å². The summed E-state index contributed by atoms with van der Waals surface area (Å²) < 4.78 is 11.0. The van der Waals surface area contributed by atoms with E-state index in [9.17, 15) is 4.79 Å². The normalized spacial score (nSPS) is 15.7. The van der Waals surface area contributed by atoms with Gasteiger partial charge >= 0.3 is 0 Å². The van der Waals surface area contributed by atoms with Gasteiger partial charge < -0.3 is 25.5 Å². The lowest BCUT2D eigenvalue weighted by Crippen LogP contribution is -2.42. The average molecular weight is 414 g/mol. The number of para-hydroxylation sites is 1. The van der Waals surface area contributed by atoms with Gasteiger partial charge in [-0.15, -0.1) is 0 Å². The van der Waals surface area contributed by atoms with Crippen LogP contribution < -0.4 is 21.1 Å². The molecule has 8 heteroatoms. The Morgan fingerprint density at radius 3 is 2.67 bits per heavy atom. The maximum absolute atomic E-state index is 11.2. The molecule has 2 aromatic rings. The SMILES string of the molecule is CCNC(=NCc1ccc(C(N)=O)o1)NCC(c1ccccc1OC)N1CCCC1. The van der Waals surface area contributed by atoms with Crippen LogP contribution in [0.3, 0.4) is 0 Å². The maximum atomic E-state index is 11.2. The molecule has 1 fully saturated rings. The minimum atomic E-state index is -0.583. The lowest BCUT2D eigenvalue weighted by molar-refractivity contribution is 0.0972. The molecule has 1 atom stereocenters. The molecule has 0 bridgehead atoms. The van der Waals surface area contributed by atoms with E-state index in [0.29, 0.717) is 24.8 Å². The van der Waals surface area contributed by atoms with E-state index < -0.39 is 5.91 Å². The number of carbonyl (C=O) groups is 1. The monoisotopic (exact) mass is 413 g/mol. The molecule has 0 saturated carbocycles. The summed E-state index contributed by atoms with van der Waals surface area (Å²) in [7, 11) is 1.71. The quantitative estimate of drug-likeness (QED) is 0.430. The third kappa shape index (κ3) is 5.54. The summed E-state index contributed by atoms with van der Waals surface area (Å²) in [5, 5.41) is 6.72. The second-order valence-corrected chi connectivity index (χ2v) is 7.21. The number of aliphatic imine (C=N–C) groups is 1. The van der Waals surface area contributed by atoms with Crippen molar-refractivity contribution in [2.45, 2.75) is 32.4 Å². The zero-order valence-corrected chi connectivity index (χ0v) is 17.7. The standard InChI is InChI=1S/C22H31N5O3/c1-3-24-22(25-14-16-10-11-20(30-16)21(23)28)26-15-18(27-12-6-7-13-27)17-8-4-5-9-19(17)29-2/h4-5,8-11,18H,3,6-7,12-15H2,1-2H3,(H2,23,28)(H2,24,25,26). The minimum Gasteiger partial charge on any atom is -0.496 e. The summed E-state index contributed by atoms with van der Waals surface area (Å²) >= 11 is 0. The molecule has 162 valence electrons. The maximum Gasteiger partial charge on any atom is 0.284 e. The van der Waals surface area contributed by atoms with Crippen molar-refractivity contribution in [2.24, 2.45) is 10.7 Å². The number of methoxy groups -OCH3 is 1. The van der Waals surface area contributed by atoms with Gasteiger partial charge in [-0.1, -0.05) is 18.2 Å². The first-order valence-electron chi connectivity index (χ1n) is 10.4. The van der Waals surface area contributed by atoms with Crippen molar-refractivity contribution < 1.29 is 13.9 Å². The van der Waals surface area contributed by atoms with Gasteiger partial charge in [0.25, 0.3) is 5.91 Å². The number of hydrogen-bond acceptors (Lipinski definition) is 5. The molecular weight excluding hydrogens is 382 g/mol. The molecule has 3 rings (SSSR count). The van der Waals surface area contributed by atoms with Crippen molar-refractivity contribution in [1.82, 2.24) is 15.5 Å². The minimum absolute atomic E-state index is 0.142. The number of nitrogens with two attached hydrogens (primary N) is 1. The summed E-state index contributed by atoms with van der Waals surface area (Å²) in [5.41, 5.74) is 6.41. The zero-order chi connectivity index (χ0) is 21.3. The van der Waals surface area contributed by atoms with E-state index in [-0.39, 0.29) is 11.8 Å². The van der Waals surface area contributed by atoms with Gasteiger partial charge in [-0.2, -0.15) is 0 Å². The molecule has 1 saturated heterocycles. The van der Waals surface area contributed by atoms with Gasteiger partial charge in [0.15, 0.2) is 11.7 Å². The summed E-state index contributed by atoms with van der Waals surface area (Å²) in [5.74, 6) is 1.73. The molecule has 30 heavy (non-hydrogen) atoms. The molecule has 2 heterocycles. The van der Waals surface area contributed by atoms with Crippen LogP contribution in [-0.2, 0) is 6.54 Å². The van der Waals surface area contributed by atoms with Gasteiger partial charge in [0.05, 0.1) is 13.2 Å². The van der Waals surface area contributed by atoms with Crippen LogP contribution in [0.15, 0.2) is 45.8 Å². The van der Waals surface area contributed by atoms with E-state index in [0.717, 1.165) is 25.4 Å². The van der Waals surface area contributed by atoms with E-state index in [1.165, 1.54) is 18.4 Å². The van der Waals surface area contributed by atoms with Crippen molar-refractivity contribution in [3.8, 4) is 5.75 Å². The molecule has 0 aliphatic carbocycles. The smallest absolute Gasteiger partial charge is 0.284 e. The molecule has 8 nitrogen and oxygen atoms in total. The van der Waals surface area contributed by atoms with Gasteiger partial charge in [-0.25, -0.2) is 4.99 Å². The molecule has 1 aromatic heterocycles. The predicted octanol–water partition coefficient (Wildman–Crippen LogP) is 2.28. The number of nitrogens with one attached hydrogen (secondary N) is 2. The third-order valence-corrected chi connectivity index (χ3v) is 5.18. The zero-order valence-electron chi connectivity index (χ0n) is 17.7. The number of primary amides is 1. The fourth-order valence-electron chi connectivity index (χ4n) is 3.72. The Morgan fingerprint density at radius 2 is 2.00 bits per heavy atom. The van der Waals surface area contributed by atoms with Gasteiger partial charge in [-0.05, 0) is 51.1 Å². The first-order valence-corrected chi connectivity index (χ1v) is 10.4. The number of likely N-dealkylation sites (tertiary alicyclic amines) is 1. The van der Waals surface area contributed by atoms with Gasteiger partial charge in [-0.3, -0.25) is 9.69 Å². The predicted molar refractivity (Wildman–Crippen MR) is 117 cm³/mol. The first kappa shape index (κ1) is 21.7. The Balaban J connectivity index is 1.72. The number of guanidine groups is 1. The van der Waals surface area contributed by atoms with Crippen LogP contribution in [0.1, 0.15) is 47.7 Å². The van der Waals surface area contributed by atoms with Crippen molar-refractivity contribution in [1.29, 1.82) is 0 Å². The number of amides is 1. The van der Waals surface area contributed by atoms with Crippen LogP contribution in [0.5, 0.6) is 5.75 Å². The lowest BCUT2D eigenvalue weighted by Gasteiger charge is -2.30. The Kier molecular flexibility index (Phi) is 7.73. The van der Waals surface area contributed by atoms with Crippen molar-refractivity contribution in [3.63, 3.8) is 0 Å². The highest BCUT2D eigenvalue weighted by molar-refractivity contribution is 5.89. The summed E-state index contributed by atoms with van der Waals surface area (Å²) in [6.07, 6.45) is 2.42. The number of rotatable bonds is 9. The van der Waals surface area contributed by atoms with E-state index >= 15 is 0 Å². The van der Waals surface area contributed by atoms with Crippen LogP contribution in [0.4, 0.5) is 0 Å². The van der Waals surface area contributed by atoms with Crippen molar-refractivity contribution in [3.05, 3.63) is 53.5 Å². The fourth-order valence-corrected chi connectivity index (χ4v) is 3.72. The highest BCUT2D eigenvalue weighted by Gasteiger charge is 2.26. The molecule has 1 aromatic carbocycles. The topological polar surface area (TPSA) is 105 Å². The summed E-state index contributed by atoms with van der Waals surface area (Å²) in [4.78, 5) is 18.3. The average Bonchev–Trinajstić information content (AvgIpc) is 3.45. The molecule has 1 aliphatic rings. The second kappa shape index (κ2) is 10.7. The van der Waals surface area contributed by atoms with Crippen molar-refractivity contribution >= 4 is 11.9 Å². The second-order valence-electron chi connectivity index (χ2n) is 7.21. The number of ether oxygens (including phenoxy) is 1. The van der Waals surface area contributed by atoms with Crippen LogP contribution in [0.2, 0.25) is 0 Å². The molecule has 0 radical (unpaired) electrons. The Hall–Kier alpha value is -3.00. The molecule has 0 spiro atoms. The molecule has 4 N–H and O–H groups in total. The number of hydrogen-bond donors (Lipinski definition) is 3. The first-order chi connectivity index (χ1) is 14.6. The summed E-state index contributed by atoms with van der Waals surface area (Å²) in [6, 6.07) is 11.6. The highest BCUT2D eigenvalue weighted by Crippen LogP contribution is 2.31. The van der Waals surface area contributed by atoms with Crippen LogP contribution >= 0.6 is 0 Å². The van der Waals surface area contributed by atoms with Crippen LogP contribution in [-0.4, -0.2) is 50.1 Å². The summed E-state index contributed by atoms with van der Waals surface area (Å²) in [6.45, 7) is 5.90. The van der Waals surface area contributed by atoms with Crippen molar-refractivity contribution in [2.75, 3.05) is 33.3 Å². The number of benzene rings is 1. The number of carbonyl (C=O) groups excluding carboxylic acids is 1. The van der Waals surface area contributed by atoms with Gasteiger partial charge in [0, 0.05) is 18.7 Å². The molecular formula is C22H31N5O3. The number of nitrogens with zero attached hydrogens (tertiary/aromatic N) is 2. The fraction of sp³-hybridized carbons (Fsp3) is 0.455. The lowest BCUT2D eigenvalue weighted by atomic mass is 10.0. The Bertz CT molecular complexity index is 858. The van der Waals surface area contributed by atoms with Gasteiger partial charge in [0.2, 0.25) is 0 Å². The Morgan fingerprint density at radius 1 is 1.23 bits per heavy atom. The molecule has 1 unspecified atom stereocenters. The highest BCUT2D eigenvalue weighted by atomic mass is 16.5. The molecule has 1 amide bonds. The van der Waals surface area contributed by atoms with E-state index in [1.807, 2.05) is 25.1 Å². The number of furan rings is 1. The Labute approximate surface area is 177 Å². The third-order valence-electron chi connectivity index (χ3n) is 5.18. The van der Waals surface area contributed by atoms with E-state index in [4.69, 9.17) is 14.9 Å². The van der Waals surface area contributed by atoms with Gasteiger partial charge in [0.1, 0.15) is 18.1 Å². The van der Waals surface area contributed by atoms with E-state index in [1.54, 1.807) is 19.2 Å². The van der Waals surface area contributed by atoms with E-state index in [2.05, 4.69) is 26.6 Å². The largest absolute Gasteiger partial charge is 0.496 e. The molecule has 1 aliphatic heterocycles.